The number of benzene rings is 2. The van der Waals surface area contributed by atoms with Crippen LogP contribution in [0.5, 0.6) is 0 Å². The van der Waals surface area contributed by atoms with Crippen molar-refractivity contribution in [2.75, 3.05) is 26.2 Å². The number of nitrogens with zero attached hydrogens (tertiary/aromatic N) is 2. The van der Waals surface area contributed by atoms with Gasteiger partial charge in [0.1, 0.15) is 0 Å². The molecule has 1 aliphatic rings. The van der Waals surface area contributed by atoms with Gasteiger partial charge in [-0.05, 0) is 43.2 Å². The highest BCUT2D eigenvalue weighted by Gasteiger charge is 2.21. The number of aryl methyl sites for hydroxylation is 2. The van der Waals surface area contributed by atoms with Crippen LogP contribution in [0.1, 0.15) is 43.2 Å². The lowest BCUT2D eigenvalue weighted by molar-refractivity contribution is -0.133. The largest absolute Gasteiger partial charge is 0.341 e. The first-order valence-corrected chi connectivity index (χ1v) is 10.9. The van der Waals surface area contributed by atoms with Gasteiger partial charge in [-0.2, -0.15) is 0 Å². The number of hydrogen-bond donors (Lipinski definition) is 0. The SMILES string of the molecule is O=C(CCCc1ccccc1)N1CCCN(C(=O)CCCc2ccccc2)CC1. The molecule has 154 valence electrons. The average molecular weight is 393 g/mol. The number of carbonyl (C=O) groups is 2. The van der Waals surface area contributed by atoms with Crippen LogP contribution in [0.4, 0.5) is 0 Å². The van der Waals surface area contributed by atoms with E-state index < -0.39 is 0 Å². The highest BCUT2D eigenvalue weighted by atomic mass is 16.2. The first-order chi connectivity index (χ1) is 14.2. The smallest absolute Gasteiger partial charge is 0.222 e. The highest BCUT2D eigenvalue weighted by Crippen LogP contribution is 2.11. The number of carbonyl (C=O) groups excluding carboxylic acids is 2. The quantitative estimate of drug-likeness (QED) is 0.679. The molecule has 1 saturated heterocycles. The lowest BCUT2D eigenvalue weighted by Crippen LogP contribution is -2.37. The zero-order valence-corrected chi connectivity index (χ0v) is 17.3. The van der Waals surface area contributed by atoms with Gasteiger partial charge in [-0.15, -0.1) is 0 Å². The van der Waals surface area contributed by atoms with Crippen LogP contribution in [0.3, 0.4) is 0 Å². The fourth-order valence-electron chi connectivity index (χ4n) is 3.91. The van der Waals surface area contributed by atoms with Crippen LogP contribution in [-0.4, -0.2) is 47.8 Å². The van der Waals surface area contributed by atoms with Crippen LogP contribution in [-0.2, 0) is 22.4 Å². The molecule has 2 amide bonds. The van der Waals surface area contributed by atoms with Gasteiger partial charge in [0.2, 0.25) is 11.8 Å². The second-order valence-corrected chi connectivity index (χ2v) is 7.79. The van der Waals surface area contributed by atoms with Gasteiger partial charge >= 0.3 is 0 Å². The maximum absolute atomic E-state index is 12.6. The summed E-state index contributed by atoms with van der Waals surface area (Å²) >= 11 is 0. The Morgan fingerprint density at radius 1 is 0.621 bits per heavy atom. The molecular weight excluding hydrogens is 360 g/mol. The van der Waals surface area contributed by atoms with E-state index in [4.69, 9.17) is 0 Å². The van der Waals surface area contributed by atoms with Crippen molar-refractivity contribution < 1.29 is 9.59 Å². The van der Waals surface area contributed by atoms with Crippen LogP contribution in [0, 0.1) is 0 Å². The third-order valence-electron chi connectivity index (χ3n) is 5.60. The molecule has 0 spiro atoms. The lowest BCUT2D eigenvalue weighted by atomic mass is 10.1. The van der Waals surface area contributed by atoms with E-state index in [0.29, 0.717) is 25.9 Å². The topological polar surface area (TPSA) is 40.6 Å². The number of amides is 2. The van der Waals surface area contributed by atoms with Crippen molar-refractivity contribution in [3.63, 3.8) is 0 Å². The lowest BCUT2D eigenvalue weighted by Gasteiger charge is -2.22. The Hall–Kier alpha value is -2.62. The fourth-order valence-corrected chi connectivity index (χ4v) is 3.91. The molecule has 0 aliphatic carbocycles. The van der Waals surface area contributed by atoms with Crippen molar-refractivity contribution in [1.82, 2.24) is 9.80 Å². The minimum absolute atomic E-state index is 0.222. The fraction of sp³-hybridized carbons (Fsp3) is 0.440. The third-order valence-corrected chi connectivity index (χ3v) is 5.60. The molecule has 0 aromatic heterocycles. The van der Waals surface area contributed by atoms with Crippen molar-refractivity contribution in [2.24, 2.45) is 0 Å². The highest BCUT2D eigenvalue weighted by molar-refractivity contribution is 5.77. The van der Waals surface area contributed by atoms with Crippen LogP contribution >= 0.6 is 0 Å². The van der Waals surface area contributed by atoms with E-state index in [1.54, 1.807) is 0 Å². The van der Waals surface area contributed by atoms with Gasteiger partial charge in [-0.25, -0.2) is 0 Å². The molecule has 0 unspecified atom stereocenters. The molecule has 2 aromatic rings. The molecule has 0 saturated carbocycles. The molecule has 1 fully saturated rings. The predicted molar refractivity (Wildman–Crippen MR) is 117 cm³/mol. The third kappa shape index (κ3) is 7.04. The van der Waals surface area contributed by atoms with E-state index in [2.05, 4.69) is 24.3 Å². The Morgan fingerprint density at radius 3 is 1.45 bits per heavy atom. The summed E-state index contributed by atoms with van der Waals surface area (Å²) in [5.41, 5.74) is 2.56. The Kier molecular flexibility index (Phi) is 8.29. The first-order valence-electron chi connectivity index (χ1n) is 10.9. The van der Waals surface area contributed by atoms with Crippen LogP contribution in [0.2, 0.25) is 0 Å². The minimum atomic E-state index is 0.222. The molecule has 29 heavy (non-hydrogen) atoms. The number of hydrogen-bond acceptors (Lipinski definition) is 2. The van der Waals surface area contributed by atoms with Gasteiger partial charge < -0.3 is 9.80 Å². The first kappa shape index (κ1) is 21.1. The Bertz CT molecular complexity index is 695. The van der Waals surface area contributed by atoms with Crippen molar-refractivity contribution >= 4 is 11.8 Å². The van der Waals surface area contributed by atoms with E-state index in [1.807, 2.05) is 46.2 Å². The molecule has 0 radical (unpaired) electrons. The zero-order valence-electron chi connectivity index (χ0n) is 17.3. The monoisotopic (exact) mass is 392 g/mol. The average Bonchev–Trinajstić information content (AvgIpc) is 3.02. The summed E-state index contributed by atoms with van der Waals surface area (Å²) in [6.45, 7) is 2.85. The van der Waals surface area contributed by atoms with E-state index in [-0.39, 0.29) is 11.8 Å². The summed E-state index contributed by atoms with van der Waals surface area (Å²) in [5, 5.41) is 0. The van der Waals surface area contributed by atoms with E-state index in [9.17, 15) is 9.59 Å². The summed E-state index contributed by atoms with van der Waals surface area (Å²) in [6.07, 6.45) is 5.66. The second-order valence-electron chi connectivity index (χ2n) is 7.79. The van der Waals surface area contributed by atoms with Crippen molar-refractivity contribution in [3.8, 4) is 0 Å². The minimum Gasteiger partial charge on any atom is -0.341 e. The molecule has 1 aliphatic heterocycles. The second kappa shape index (κ2) is 11.4. The van der Waals surface area contributed by atoms with Crippen molar-refractivity contribution in [2.45, 2.75) is 44.9 Å². The van der Waals surface area contributed by atoms with Crippen LogP contribution < -0.4 is 0 Å². The molecule has 0 atom stereocenters. The van der Waals surface area contributed by atoms with Gasteiger partial charge in [-0.3, -0.25) is 9.59 Å². The molecule has 3 rings (SSSR count). The van der Waals surface area contributed by atoms with E-state index >= 15 is 0 Å². The van der Waals surface area contributed by atoms with E-state index in [1.165, 1.54) is 11.1 Å². The summed E-state index contributed by atoms with van der Waals surface area (Å²) in [7, 11) is 0. The van der Waals surface area contributed by atoms with Gasteiger partial charge in [0.15, 0.2) is 0 Å². The summed E-state index contributed by atoms with van der Waals surface area (Å²) < 4.78 is 0. The molecule has 1 heterocycles. The number of rotatable bonds is 8. The van der Waals surface area contributed by atoms with Gasteiger partial charge in [-0.1, -0.05) is 60.7 Å². The molecule has 0 N–H and O–H groups in total. The van der Waals surface area contributed by atoms with Gasteiger partial charge in [0, 0.05) is 39.0 Å². The zero-order chi connectivity index (χ0) is 20.3. The Balaban J connectivity index is 1.36. The standard InChI is InChI=1S/C25H32N2O2/c28-24(16-7-14-22-10-3-1-4-11-22)26-18-9-19-27(21-20-26)25(29)17-8-15-23-12-5-2-6-13-23/h1-6,10-13H,7-9,14-21H2. The van der Waals surface area contributed by atoms with Gasteiger partial charge in [0.05, 0.1) is 0 Å². The maximum atomic E-state index is 12.6. The molecule has 4 heteroatoms. The molecule has 2 aromatic carbocycles. The maximum Gasteiger partial charge on any atom is 0.222 e. The van der Waals surface area contributed by atoms with E-state index in [0.717, 1.165) is 45.2 Å². The van der Waals surface area contributed by atoms with Crippen LogP contribution in [0.25, 0.3) is 0 Å². The Morgan fingerprint density at radius 2 is 1.03 bits per heavy atom. The van der Waals surface area contributed by atoms with Crippen molar-refractivity contribution in [1.29, 1.82) is 0 Å². The molecule has 4 nitrogen and oxygen atoms in total. The van der Waals surface area contributed by atoms with Gasteiger partial charge in [0.25, 0.3) is 0 Å². The molecule has 0 bridgehead atoms. The van der Waals surface area contributed by atoms with Crippen molar-refractivity contribution in [3.05, 3.63) is 71.8 Å². The molecular formula is C25H32N2O2. The van der Waals surface area contributed by atoms with Crippen LogP contribution in [0.15, 0.2) is 60.7 Å². The Labute approximate surface area is 174 Å². The normalized spacial score (nSPS) is 14.5. The summed E-state index contributed by atoms with van der Waals surface area (Å²) in [4.78, 5) is 29.0. The summed E-state index contributed by atoms with van der Waals surface area (Å²) in [6, 6.07) is 20.6. The predicted octanol–water partition coefficient (Wildman–Crippen LogP) is 4.09. The summed E-state index contributed by atoms with van der Waals surface area (Å²) in [5.74, 6) is 0.443.